The fraction of sp³-hybridized carbons (Fsp3) is 1.00. The van der Waals surface area contributed by atoms with Crippen molar-refractivity contribution in [3.8, 4) is 0 Å². The normalized spacial score (nSPS) is 41.3. The molecule has 0 aliphatic heterocycles. The number of fused-ring (bicyclic) bond motifs is 10. The van der Waals surface area contributed by atoms with Crippen LogP contribution in [0, 0.1) is 201 Å². The minimum Gasteiger partial charge on any atom is -0.0602 e. The van der Waals surface area contributed by atoms with Crippen molar-refractivity contribution in [2.75, 3.05) is 0 Å². The third-order valence-electron chi connectivity index (χ3n) is 38.5. The van der Waals surface area contributed by atoms with Gasteiger partial charge in [-0.2, -0.15) is 0 Å². The smallest absolute Gasteiger partial charge is 0.0272 e. The van der Waals surface area contributed by atoms with Gasteiger partial charge >= 0.3 is 0 Å². The zero-order valence-corrected chi connectivity index (χ0v) is 83.5. The van der Waals surface area contributed by atoms with E-state index in [1.54, 1.807) is 180 Å². The van der Waals surface area contributed by atoms with Crippen molar-refractivity contribution in [1.82, 2.24) is 0 Å². The summed E-state index contributed by atoms with van der Waals surface area (Å²) < 4.78 is 16.4. The van der Waals surface area contributed by atoms with Gasteiger partial charge in [-0.25, -0.2) is 0 Å². The number of hydrogen-bond acceptors (Lipinski definition) is 0. The van der Waals surface area contributed by atoms with Crippen molar-refractivity contribution < 1.29 is 2.74 Å². The third kappa shape index (κ3) is 28.5. The van der Waals surface area contributed by atoms with Crippen LogP contribution >= 0.6 is 0 Å². The summed E-state index contributed by atoms with van der Waals surface area (Å²) in [5.74, 6) is 24.9. The SMILES string of the molecule is CC(C)(C)CCC12CC3CC(CC(C3)C1)C2.CC(C)(C)CCC12CCC(CC1)C2.CC(C)(C)CCC1C2CC3CC(C2)CC1C3.CC(C)(C)CCC1C2CCC1CC2.CC(C)(C)CCC1CC2CCC1(C)C2(C)C.CC(C)(C)CCC1CC2CCC1C2.CC(C)(C)CCC1CC2CCCC2C1.[2H]C([2H])(CC1CC2CCCC2C1)C(C)(C)C. The number of hydrogen-bond donors (Lipinski definition) is 0. The summed E-state index contributed by atoms with van der Waals surface area (Å²) in [7, 11) is 0. The second-order valence-electron chi connectivity index (χ2n) is 58.1. The van der Waals surface area contributed by atoms with Crippen LogP contribution < -0.4 is 0 Å². The van der Waals surface area contributed by atoms with Crippen molar-refractivity contribution >= 4 is 0 Å². The van der Waals surface area contributed by atoms with Crippen LogP contribution in [0.3, 0.4) is 0 Å². The molecule has 20 rings (SSSR count). The standard InChI is InChI=1S/2C16H28.C16H30.2C14H26.3C13H24/c1-15(2,3)4-5-16-9-12-6-13(10-16)8-14(7-12)11-16;1-16(2,3)5-4-15-13-7-11-6-12(9-13)10-14(15)8-11;1-14(2,3)9-7-13-11-12-8-10-16(13,6)15(12,4)5;2*1-14(2,3)8-7-11-9-12-5-4-6-13(12)10-11;1-12(2,3)8-9-13-6-4-11(10-13)5-7-13;1-13(2,3)7-6-12-9-10-4-5-11(12)8-10;1-13(2,3)9-8-12-10-4-5-11(12)7-6-10/h12-14H,4-11H2,1-3H3;11-15H,4-10H2,1-3H3;12-13H,7-11H2,1-6H3;2*11-13H,4-10H2,1-3H3;11H,4-10H2,1-3H3;2*10-12H,4-9H2,1-3H3/i;;;8D2;;;;. The molecule has 0 aromatic heterocycles. The molecule has 0 saturated heterocycles. The Morgan fingerprint density at radius 3 is 0.991 bits per heavy atom. The molecular formula is C115H210. The van der Waals surface area contributed by atoms with Gasteiger partial charge in [0, 0.05) is 2.74 Å². The van der Waals surface area contributed by atoms with Gasteiger partial charge in [-0.05, 0) is 496 Å². The highest BCUT2D eigenvalue weighted by Crippen LogP contribution is 2.70. The van der Waals surface area contributed by atoms with Gasteiger partial charge < -0.3 is 0 Å². The maximum absolute atomic E-state index is 8.22. The first kappa shape index (κ1) is 92.7. The van der Waals surface area contributed by atoms with E-state index < -0.39 is 6.37 Å². The summed E-state index contributed by atoms with van der Waals surface area (Å²) in [6.07, 6.45) is 77.2. The average molecular weight is 1590 g/mol. The van der Waals surface area contributed by atoms with E-state index in [2.05, 4.69) is 166 Å². The molecule has 20 fully saturated rings. The summed E-state index contributed by atoms with van der Waals surface area (Å²) in [5, 5.41) is 0. The van der Waals surface area contributed by atoms with E-state index in [4.69, 9.17) is 2.74 Å². The van der Waals surface area contributed by atoms with Gasteiger partial charge in [0.2, 0.25) is 0 Å². The van der Waals surface area contributed by atoms with E-state index in [-0.39, 0.29) is 5.41 Å². The lowest BCUT2D eigenvalue weighted by Crippen LogP contribution is -2.46. The largest absolute Gasteiger partial charge is 0.0602 e. The van der Waals surface area contributed by atoms with Crippen LogP contribution in [0.25, 0.3) is 0 Å². The topological polar surface area (TPSA) is 0 Å². The predicted octanol–water partition coefficient (Wildman–Crippen LogP) is 37.4. The summed E-state index contributed by atoms with van der Waals surface area (Å²) in [6, 6.07) is 0. The van der Waals surface area contributed by atoms with Crippen LogP contribution in [-0.2, 0) is 0 Å². The van der Waals surface area contributed by atoms with Crippen LogP contribution in [0.2, 0.25) is 0 Å². The van der Waals surface area contributed by atoms with Gasteiger partial charge in [-0.3, -0.25) is 0 Å². The van der Waals surface area contributed by atoms with Gasteiger partial charge in [0.15, 0.2) is 0 Å². The van der Waals surface area contributed by atoms with Crippen LogP contribution in [0.15, 0.2) is 0 Å². The third-order valence-corrected chi connectivity index (χ3v) is 38.5. The Morgan fingerprint density at radius 2 is 0.626 bits per heavy atom. The summed E-state index contributed by atoms with van der Waals surface area (Å²) in [4.78, 5) is 0. The van der Waals surface area contributed by atoms with E-state index in [1.807, 2.05) is 20.8 Å². The second kappa shape index (κ2) is 38.7. The van der Waals surface area contributed by atoms with E-state index in [0.29, 0.717) is 54.7 Å². The van der Waals surface area contributed by atoms with Crippen LogP contribution in [0.4, 0.5) is 0 Å². The molecule has 20 aliphatic carbocycles. The molecular weight excluding hydrogens is 1380 g/mol. The Bertz CT molecular complexity index is 2850. The van der Waals surface area contributed by atoms with E-state index >= 15 is 0 Å². The minimum atomic E-state index is -1.00. The van der Waals surface area contributed by atoms with Crippen LogP contribution in [0.5, 0.6) is 0 Å². The first-order valence-electron chi connectivity index (χ1n) is 54.1. The lowest BCUT2D eigenvalue weighted by molar-refractivity contribution is -0.0617. The summed E-state index contributed by atoms with van der Waals surface area (Å²) in [6.45, 7) is 63.9. The van der Waals surface area contributed by atoms with Gasteiger partial charge in [0.1, 0.15) is 0 Å². The zero-order valence-electron chi connectivity index (χ0n) is 85.5. The van der Waals surface area contributed by atoms with Crippen molar-refractivity contribution in [3.05, 3.63) is 0 Å². The van der Waals surface area contributed by atoms with Gasteiger partial charge in [-0.1, -0.05) is 232 Å². The molecule has 670 valence electrons. The molecule has 0 heterocycles. The molecule has 0 amide bonds. The molecule has 115 heavy (non-hydrogen) atoms. The average Bonchev–Trinajstić information content (AvgIpc) is 1.58. The molecule has 20 aliphatic rings. The van der Waals surface area contributed by atoms with Crippen LogP contribution in [-0.4, -0.2) is 0 Å². The Hall–Kier alpha value is 0. The summed E-state index contributed by atoms with van der Waals surface area (Å²) in [5.41, 5.74) is 6.49. The van der Waals surface area contributed by atoms with Crippen molar-refractivity contribution in [3.63, 3.8) is 0 Å². The van der Waals surface area contributed by atoms with Crippen LogP contribution in [0.1, 0.15) is 530 Å². The van der Waals surface area contributed by atoms with E-state index in [0.717, 1.165) is 147 Å². The van der Waals surface area contributed by atoms with E-state index in [1.165, 1.54) is 148 Å². The molecule has 10 atom stereocenters. The predicted molar refractivity (Wildman–Crippen MR) is 507 cm³/mol. The maximum atomic E-state index is 8.22. The molecule has 20 saturated carbocycles. The quantitative estimate of drug-likeness (QED) is 0.144. The molecule has 0 heteroatoms. The second-order valence-corrected chi connectivity index (χ2v) is 58.1. The Kier molecular flexibility index (Phi) is 31.2. The molecule has 16 bridgehead atoms. The highest BCUT2D eigenvalue weighted by molar-refractivity contribution is 5.10. The van der Waals surface area contributed by atoms with Crippen molar-refractivity contribution in [1.29, 1.82) is 0 Å². The lowest BCUT2D eigenvalue weighted by Gasteiger charge is -2.57. The number of rotatable bonds is 16. The van der Waals surface area contributed by atoms with Gasteiger partial charge in [0.05, 0.1) is 0 Å². The fourth-order valence-electron chi connectivity index (χ4n) is 31.7. The molecule has 0 radical (unpaired) electrons. The minimum absolute atomic E-state index is 0.218. The zero-order chi connectivity index (χ0) is 85.5. The molecule has 0 spiro atoms. The van der Waals surface area contributed by atoms with Crippen molar-refractivity contribution in [2.24, 2.45) is 201 Å². The lowest BCUT2D eigenvalue weighted by atomic mass is 9.48. The molecule has 0 aromatic rings. The molecule has 10 unspecified atom stereocenters. The Labute approximate surface area is 726 Å². The highest BCUT2D eigenvalue weighted by Gasteiger charge is 2.61. The monoisotopic (exact) mass is 1590 g/mol. The summed E-state index contributed by atoms with van der Waals surface area (Å²) >= 11 is 0. The Balaban J connectivity index is 0.000000132. The molecule has 0 aromatic carbocycles. The highest BCUT2D eigenvalue weighted by atomic mass is 14.7. The molecule has 0 nitrogen and oxygen atoms in total. The molecule has 0 N–H and O–H groups in total. The first-order chi connectivity index (χ1) is 54.1. The fourth-order valence-corrected chi connectivity index (χ4v) is 31.7. The van der Waals surface area contributed by atoms with Gasteiger partial charge in [-0.15, -0.1) is 0 Å². The maximum Gasteiger partial charge on any atom is 0.0272 e. The Morgan fingerprint density at radius 1 is 0.261 bits per heavy atom. The van der Waals surface area contributed by atoms with E-state index in [9.17, 15) is 0 Å². The van der Waals surface area contributed by atoms with Crippen molar-refractivity contribution in [2.45, 2.75) is 527 Å². The van der Waals surface area contributed by atoms with Gasteiger partial charge in [0.25, 0.3) is 0 Å². The first-order valence-corrected chi connectivity index (χ1v) is 53.1.